The molecule has 0 unspecified atom stereocenters. The van der Waals surface area contributed by atoms with Gasteiger partial charge in [-0.05, 0) is 37.5 Å². The maximum absolute atomic E-state index is 5.44. The Morgan fingerprint density at radius 3 is 2.75 bits per heavy atom. The molecule has 0 N–H and O–H groups in total. The highest BCUT2D eigenvalue weighted by molar-refractivity contribution is 5.38. The molecule has 0 aliphatic carbocycles. The fourth-order valence-corrected chi connectivity index (χ4v) is 1.02. The van der Waals surface area contributed by atoms with E-state index in [1.54, 1.807) is 0 Å². The van der Waals surface area contributed by atoms with E-state index in [9.17, 15) is 0 Å². The molecule has 0 bridgehead atoms. The number of aryl methyl sites for hydroxylation is 1. The van der Waals surface area contributed by atoms with Crippen LogP contribution in [0.3, 0.4) is 0 Å². The third kappa shape index (κ3) is 2.00. The fraction of sp³-hybridized carbons (Fsp3) is 0.364. The van der Waals surface area contributed by atoms with Gasteiger partial charge in [-0.15, -0.1) is 0 Å². The molecule has 0 heterocycles. The topological polar surface area (TPSA) is 9.23 Å². The monoisotopic (exact) mass is 163 g/mol. The van der Waals surface area contributed by atoms with Crippen LogP contribution in [-0.2, 0) is 0 Å². The van der Waals surface area contributed by atoms with Gasteiger partial charge in [-0.1, -0.05) is 19.1 Å². The highest BCUT2D eigenvalue weighted by Gasteiger charge is 1.99. The van der Waals surface area contributed by atoms with Gasteiger partial charge in [0, 0.05) is 0 Å². The summed E-state index contributed by atoms with van der Waals surface area (Å²) < 4.78 is 5.44. The molecular formula is C11H15O. The van der Waals surface area contributed by atoms with Gasteiger partial charge >= 0.3 is 0 Å². The minimum absolute atomic E-state index is 0.938. The Kier molecular flexibility index (Phi) is 3.15. The first kappa shape index (κ1) is 9.11. The van der Waals surface area contributed by atoms with E-state index in [4.69, 9.17) is 4.74 Å². The lowest BCUT2D eigenvalue weighted by Crippen LogP contribution is -1.92. The van der Waals surface area contributed by atoms with Crippen LogP contribution in [0.4, 0.5) is 0 Å². The number of benzene rings is 1. The van der Waals surface area contributed by atoms with E-state index >= 15 is 0 Å². The average molecular weight is 163 g/mol. The van der Waals surface area contributed by atoms with Crippen molar-refractivity contribution >= 4 is 0 Å². The lowest BCUT2D eigenvalue weighted by molar-refractivity contribution is 0.394. The van der Waals surface area contributed by atoms with Gasteiger partial charge in [0.25, 0.3) is 0 Å². The van der Waals surface area contributed by atoms with Gasteiger partial charge in [0.05, 0.1) is 0 Å². The molecule has 0 aliphatic rings. The highest BCUT2D eigenvalue weighted by Crippen LogP contribution is 2.21. The molecule has 0 atom stereocenters. The van der Waals surface area contributed by atoms with E-state index in [1.165, 1.54) is 11.1 Å². The van der Waals surface area contributed by atoms with Gasteiger partial charge in [-0.25, -0.2) is 0 Å². The largest absolute Gasteiger partial charge is 0.486 e. The van der Waals surface area contributed by atoms with Gasteiger partial charge in [0.2, 0.25) is 0 Å². The standard InChI is InChI=1S/C11H15O/c1-4-8-12-11-7-5-6-9(2)10(11)3/h5-8H,4H2,1-3H3. The molecule has 65 valence electrons. The molecule has 0 saturated heterocycles. The Labute approximate surface area is 74.4 Å². The van der Waals surface area contributed by atoms with E-state index in [0.717, 1.165) is 12.2 Å². The van der Waals surface area contributed by atoms with Crippen molar-refractivity contribution < 1.29 is 4.74 Å². The fourth-order valence-electron chi connectivity index (χ4n) is 1.02. The van der Waals surface area contributed by atoms with E-state index in [2.05, 4.69) is 26.8 Å². The van der Waals surface area contributed by atoms with E-state index in [1.807, 2.05) is 18.7 Å². The highest BCUT2D eigenvalue weighted by atomic mass is 16.5. The third-order valence-corrected chi connectivity index (χ3v) is 1.93. The van der Waals surface area contributed by atoms with Crippen molar-refractivity contribution in [2.75, 3.05) is 0 Å². The smallest absolute Gasteiger partial charge is 0.135 e. The van der Waals surface area contributed by atoms with Crippen molar-refractivity contribution in [1.82, 2.24) is 0 Å². The van der Waals surface area contributed by atoms with Crippen LogP contribution in [0, 0.1) is 20.5 Å². The van der Waals surface area contributed by atoms with Crippen LogP contribution < -0.4 is 4.74 Å². The van der Waals surface area contributed by atoms with Gasteiger partial charge in [0.15, 0.2) is 0 Å². The summed E-state index contributed by atoms with van der Waals surface area (Å²) in [5, 5.41) is 0. The summed E-state index contributed by atoms with van der Waals surface area (Å²) >= 11 is 0. The summed E-state index contributed by atoms with van der Waals surface area (Å²) in [6.07, 6.45) is 0.938. The van der Waals surface area contributed by atoms with Crippen molar-refractivity contribution in [2.45, 2.75) is 27.2 Å². The van der Waals surface area contributed by atoms with Crippen LogP contribution in [0.25, 0.3) is 0 Å². The summed E-state index contributed by atoms with van der Waals surface area (Å²) in [7, 11) is 0. The van der Waals surface area contributed by atoms with Crippen LogP contribution >= 0.6 is 0 Å². The molecule has 0 spiro atoms. The Balaban J connectivity index is 2.78. The maximum Gasteiger partial charge on any atom is 0.135 e. The van der Waals surface area contributed by atoms with Crippen molar-refractivity contribution in [3.63, 3.8) is 0 Å². The van der Waals surface area contributed by atoms with Crippen molar-refractivity contribution in [3.05, 3.63) is 35.9 Å². The predicted octanol–water partition coefficient (Wildman–Crippen LogP) is 3.25. The average Bonchev–Trinajstić information content (AvgIpc) is 2.08. The van der Waals surface area contributed by atoms with E-state index < -0.39 is 0 Å². The number of ether oxygens (including phenoxy) is 1. The van der Waals surface area contributed by atoms with Gasteiger partial charge in [-0.3, -0.25) is 0 Å². The van der Waals surface area contributed by atoms with Crippen molar-refractivity contribution in [1.29, 1.82) is 0 Å². The molecule has 1 radical (unpaired) electrons. The molecule has 1 rings (SSSR count). The Morgan fingerprint density at radius 1 is 1.33 bits per heavy atom. The molecule has 12 heavy (non-hydrogen) atoms. The predicted molar refractivity (Wildman–Crippen MR) is 51.1 cm³/mol. The molecule has 1 aromatic carbocycles. The molecule has 0 aromatic heterocycles. The first-order chi connectivity index (χ1) is 5.75. The maximum atomic E-state index is 5.44. The van der Waals surface area contributed by atoms with Gasteiger partial charge in [-0.2, -0.15) is 0 Å². The quantitative estimate of drug-likeness (QED) is 0.664. The minimum atomic E-state index is 0.938. The molecule has 0 aliphatic heterocycles. The number of hydrogen-bond donors (Lipinski definition) is 0. The zero-order valence-electron chi connectivity index (χ0n) is 7.92. The Hall–Kier alpha value is -0.980. The number of rotatable bonds is 3. The van der Waals surface area contributed by atoms with Gasteiger partial charge in [0.1, 0.15) is 12.4 Å². The van der Waals surface area contributed by atoms with Crippen molar-refractivity contribution in [2.24, 2.45) is 0 Å². The summed E-state index contributed by atoms with van der Waals surface area (Å²) in [4.78, 5) is 0. The second-order valence-corrected chi connectivity index (χ2v) is 2.89. The minimum Gasteiger partial charge on any atom is -0.486 e. The molecular weight excluding hydrogens is 148 g/mol. The van der Waals surface area contributed by atoms with Crippen molar-refractivity contribution in [3.8, 4) is 5.75 Å². The summed E-state index contributed by atoms with van der Waals surface area (Å²) in [6.45, 7) is 8.05. The molecule has 1 heteroatoms. The SMILES string of the molecule is CC[CH]Oc1cccc(C)c1C. The first-order valence-electron chi connectivity index (χ1n) is 4.30. The summed E-state index contributed by atoms with van der Waals surface area (Å²) in [6, 6.07) is 6.10. The molecule has 1 nitrogen and oxygen atoms in total. The second kappa shape index (κ2) is 4.15. The Bertz CT molecular complexity index is 253. The summed E-state index contributed by atoms with van der Waals surface area (Å²) in [5.74, 6) is 0.969. The van der Waals surface area contributed by atoms with Crippen LogP contribution in [0.1, 0.15) is 24.5 Å². The van der Waals surface area contributed by atoms with Crippen LogP contribution in [0.5, 0.6) is 5.75 Å². The Morgan fingerprint density at radius 2 is 2.08 bits per heavy atom. The molecule has 0 saturated carbocycles. The van der Waals surface area contributed by atoms with Crippen LogP contribution in [0.15, 0.2) is 18.2 Å². The number of hydrogen-bond acceptors (Lipinski definition) is 1. The normalized spacial score (nSPS) is 9.92. The van der Waals surface area contributed by atoms with E-state index in [-0.39, 0.29) is 0 Å². The lowest BCUT2D eigenvalue weighted by Gasteiger charge is -2.08. The van der Waals surface area contributed by atoms with E-state index in [0.29, 0.717) is 0 Å². The second-order valence-electron chi connectivity index (χ2n) is 2.89. The lowest BCUT2D eigenvalue weighted by atomic mass is 10.1. The summed E-state index contributed by atoms with van der Waals surface area (Å²) in [5.41, 5.74) is 2.50. The van der Waals surface area contributed by atoms with Gasteiger partial charge < -0.3 is 4.74 Å². The molecule has 0 fully saturated rings. The zero-order valence-corrected chi connectivity index (χ0v) is 7.92. The molecule has 0 amide bonds. The zero-order chi connectivity index (χ0) is 8.97. The van der Waals surface area contributed by atoms with Crippen LogP contribution in [-0.4, -0.2) is 0 Å². The first-order valence-corrected chi connectivity index (χ1v) is 4.30. The molecule has 1 aromatic rings. The van der Waals surface area contributed by atoms with Crippen LogP contribution in [0.2, 0.25) is 0 Å². The third-order valence-electron chi connectivity index (χ3n) is 1.93.